The van der Waals surface area contributed by atoms with Crippen LogP contribution in [-0.2, 0) is 0 Å². The minimum Gasteiger partial charge on any atom is -0.340 e. The van der Waals surface area contributed by atoms with Crippen LogP contribution in [0.5, 0.6) is 0 Å². The van der Waals surface area contributed by atoms with E-state index in [1.165, 1.54) is 0 Å². The third-order valence-corrected chi connectivity index (χ3v) is 4.50. The number of hydrogen-bond acceptors (Lipinski definition) is 3. The molecule has 24 heavy (non-hydrogen) atoms. The van der Waals surface area contributed by atoms with Gasteiger partial charge in [0, 0.05) is 11.3 Å². The largest absolute Gasteiger partial charge is 0.340 e. The summed E-state index contributed by atoms with van der Waals surface area (Å²) in [6.07, 6.45) is 0. The molecule has 0 aliphatic heterocycles. The zero-order chi connectivity index (χ0) is 16.2. The highest BCUT2D eigenvalue weighted by molar-refractivity contribution is 7.22. The molecule has 0 saturated carbocycles. The predicted molar refractivity (Wildman–Crippen MR) is 102 cm³/mol. The van der Waals surface area contributed by atoms with Gasteiger partial charge in [-0.05, 0) is 24.3 Å². The van der Waals surface area contributed by atoms with E-state index in [0.29, 0.717) is 0 Å². The van der Waals surface area contributed by atoms with E-state index in [9.17, 15) is 0 Å². The standard InChI is InChI=1S/C20H15N3S/c1-3-9-15(10-4-1)19(21-16-11-5-2-6-12-16)23-20-22-17-13-7-8-14-18(17)24-20/h1-14H,(H,21,22,23). The maximum absolute atomic E-state index is 4.77. The lowest BCUT2D eigenvalue weighted by atomic mass is 10.2. The molecule has 4 heteroatoms. The van der Waals surface area contributed by atoms with Crippen LogP contribution in [0.3, 0.4) is 0 Å². The van der Waals surface area contributed by atoms with Crippen molar-refractivity contribution in [2.75, 3.05) is 5.32 Å². The molecule has 4 rings (SSSR count). The van der Waals surface area contributed by atoms with Gasteiger partial charge in [0.05, 0.1) is 10.2 Å². The minimum absolute atomic E-state index is 0.749. The Hall–Kier alpha value is -2.98. The van der Waals surface area contributed by atoms with E-state index in [-0.39, 0.29) is 0 Å². The monoisotopic (exact) mass is 329 g/mol. The molecule has 3 nitrogen and oxygen atoms in total. The van der Waals surface area contributed by atoms with Crippen LogP contribution in [-0.4, -0.2) is 10.8 Å². The van der Waals surface area contributed by atoms with Gasteiger partial charge in [-0.2, -0.15) is 0 Å². The number of aliphatic imine (C=N–C) groups is 1. The SMILES string of the molecule is c1ccc(N/C(=N\c2nc3ccccc3s2)c2ccccc2)cc1. The van der Waals surface area contributed by atoms with Crippen LogP contribution in [0.1, 0.15) is 5.56 Å². The summed E-state index contributed by atoms with van der Waals surface area (Å²) in [6.45, 7) is 0. The number of thiazole rings is 1. The van der Waals surface area contributed by atoms with E-state index < -0.39 is 0 Å². The van der Waals surface area contributed by atoms with Gasteiger partial charge in [0.2, 0.25) is 5.13 Å². The highest BCUT2D eigenvalue weighted by Gasteiger charge is 2.07. The van der Waals surface area contributed by atoms with E-state index in [4.69, 9.17) is 4.99 Å². The van der Waals surface area contributed by atoms with Crippen LogP contribution in [0.25, 0.3) is 10.2 Å². The van der Waals surface area contributed by atoms with Crippen LogP contribution < -0.4 is 5.32 Å². The number of hydrogen-bond donors (Lipinski definition) is 1. The van der Waals surface area contributed by atoms with E-state index in [1.807, 2.05) is 78.9 Å². The topological polar surface area (TPSA) is 37.3 Å². The van der Waals surface area contributed by atoms with Gasteiger partial charge in [-0.15, -0.1) is 0 Å². The second-order valence-corrected chi connectivity index (χ2v) is 6.29. The smallest absolute Gasteiger partial charge is 0.212 e. The van der Waals surface area contributed by atoms with Gasteiger partial charge < -0.3 is 5.32 Å². The molecule has 0 amide bonds. The Morgan fingerprint density at radius 2 is 1.46 bits per heavy atom. The summed E-state index contributed by atoms with van der Waals surface area (Å²) in [4.78, 5) is 9.38. The normalized spacial score (nSPS) is 11.6. The highest BCUT2D eigenvalue weighted by Crippen LogP contribution is 2.28. The second kappa shape index (κ2) is 6.64. The number of nitrogens with one attached hydrogen (secondary N) is 1. The molecule has 4 aromatic rings. The van der Waals surface area contributed by atoms with Crippen molar-refractivity contribution < 1.29 is 0 Å². The fraction of sp³-hybridized carbons (Fsp3) is 0. The van der Waals surface area contributed by atoms with Crippen LogP contribution in [0.2, 0.25) is 0 Å². The van der Waals surface area contributed by atoms with Crippen molar-refractivity contribution in [3.63, 3.8) is 0 Å². The summed E-state index contributed by atoms with van der Waals surface area (Å²) in [5, 5.41) is 4.15. The van der Waals surface area contributed by atoms with E-state index in [0.717, 1.165) is 32.4 Å². The van der Waals surface area contributed by atoms with Crippen molar-refractivity contribution >= 4 is 38.2 Å². The van der Waals surface area contributed by atoms with Crippen LogP contribution >= 0.6 is 11.3 Å². The van der Waals surface area contributed by atoms with E-state index >= 15 is 0 Å². The van der Waals surface area contributed by atoms with Crippen LogP contribution in [0, 0.1) is 0 Å². The molecule has 0 unspecified atom stereocenters. The first kappa shape index (κ1) is 14.6. The molecule has 0 atom stereocenters. The zero-order valence-electron chi connectivity index (χ0n) is 12.9. The number of fused-ring (bicyclic) bond motifs is 1. The van der Waals surface area contributed by atoms with Gasteiger partial charge in [0.1, 0.15) is 5.84 Å². The van der Waals surface area contributed by atoms with Crippen LogP contribution in [0.4, 0.5) is 10.8 Å². The summed E-state index contributed by atoms with van der Waals surface area (Å²) in [5.74, 6) is 0.792. The van der Waals surface area contributed by atoms with Gasteiger partial charge in [0.15, 0.2) is 0 Å². The van der Waals surface area contributed by atoms with E-state index in [1.54, 1.807) is 11.3 Å². The third kappa shape index (κ3) is 3.19. The van der Waals surface area contributed by atoms with Crippen molar-refractivity contribution in [2.24, 2.45) is 4.99 Å². The summed E-state index contributed by atoms with van der Waals surface area (Å²) >= 11 is 1.59. The predicted octanol–water partition coefficient (Wildman–Crippen LogP) is 5.49. The Kier molecular flexibility index (Phi) is 4.04. The average Bonchev–Trinajstić information content (AvgIpc) is 3.05. The minimum atomic E-state index is 0.749. The Labute approximate surface area is 144 Å². The van der Waals surface area contributed by atoms with Gasteiger partial charge in [-0.1, -0.05) is 72.0 Å². The van der Waals surface area contributed by atoms with Crippen molar-refractivity contribution in [3.05, 3.63) is 90.5 Å². The Morgan fingerprint density at radius 1 is 0.792 bits per heavy atom. The number of rotatable bonds is 3. The lowest BCUT2D eigenvalue weighted by Gasteiger charge is -2.09. The lowest BCUT2D eigenvalue weighted by molar-refractivity contribution is 1.39. The van der Waals surface area contributed by atoms with Crippen LogP contribution in [0.15, 0.2) is 89.9 Å². The molecule has 1 N–H and O–H groups in total. The Bertz CT molecular complexity index is 942. The summed E-state index contributed by atoms with van der Waals surface area (Å²) in [7, 11) is 0. The molecule has 0 spiro atoms. The fourth-order valence-electron chi connectivity index (χ4n) is 2.42. The average molecular weight is 329 g/mol. The summed E-state index contributed by atoms with van der Waals surface area (Å²) in [5.41, 5.74) is 3.01. The van der Waals surface area contributed by atoms with Crippen molar-refractivity contribution in [1.82, 2.24) is 4.98 Å². The fourth-order valence-corrected chi connectivity index (χ4v) is 3.26. The van der Waals surface area contributed by atoms with Crippen molar-refractivity contribution in [1.29, 1.82) is 0 Å². The molecule has 0 bridgehead atoms. The molecule has 116 valence electrons. The first-order valence-corrected chi connectivity index (χ1v) is 8.52. The van der Waals surface area contributed by atoms with Crippen molar-refractivity contribution in [2.45, 2.75) is 0 Å². The van der Waals surface area contributed by atoms with Crippen molar-refractivity contribution in [3.8, 4) is 0 Å². The Morgan fingerprint density at radius 3 is 2.21 bits per heavy atom. The first-order valence-electron chi connectivity index (χ1n) is 7.70. The highest BCUT2D eigenvalue weighted by atomic mass is 32.1. The quantitative estimate of drug-likeness (QED) is 0.399. The molecule has 0 fully saturated rings. The Balaban J connectivity index is 1.76. The van der Waals surface area contributed by atoms with Gasteiger partial charge in [0.25, 0.3) is 0 Å². The molecule has 0 radical (unpaired) electrons. The molecule has 3 aromatic carbocycles. The number of aromatic nitrogens is 1. The number of amidine groups is 1. The number of para-hydroxylation sites is 2. The molecule has 0 saturated heterocycles. The molecule has 0 aliphatic carbocycles. The second-order valence-electron chi connectivity index (χ2n) is 5.28. The maximum atomic E-state index is 4.77. The summed E-state index contributed by atoms with van der Waals surface area (Å²) < 4.78 is 1.14. The maximum Gasteiger partial charge on any atom is 0.212 e. The first-order chi connectivity index (χ1) is 11.9. The molecule has 0 aliphatic rings. The molecular formula is C20H15N3S. The zero-order valence-corrected chi connectivity index (χ0v) is 13.7. The molecule has 1 aromatic heterocycles. The number of nitrogens with zero attached hydrogens (tertiary/aromatic N) is 2. The number of anilines is 1. The lowest BCUT2D eigenvalue weighted by Crippen LogP contribution is -2.13. The van der Waals surface area contributed by atoms with E-state index in [2.05, 4.69) is 16.4 Å². The summed E-state index contributed by atoms with van der Waals surface area (Å²) in [6, 6.07) is 28.3. The number of benzene rings is 3. The molecule has 1 heterocycles. The third-order valence-electron chi connectivity index (χ3n) is 3.57. The van der Waals surface area contributed by atoms with Gasteiger partial charge in [-0.3, -0.25) is 0 Å². The van der Waals surface area contributed by atoms with Gasteiger partial charge in [-0.25, -0.2) is 9.98 Å². The van der Waals surface area contributed by atoms with Gasteiger partial charge >= 0.3 is 0 Å². The molecular weight excluding hydrogens is 314 g/mol.